The Morgan fingerprint density at radius 3 is 2.75 bits per heavy atom. The largest absolute Gasteiger partial charge is 0.389 e. The molecule has 1 atom stereocenters. The van der Waals surface area contributed by atoms with Crippen molar-refractivity contribution in [2.75, 3.05) is 13.2 Å². The van der Waals surface area contributed by atoms with Gasteiger partial charge in [-0.3, -0.25) is 0 Å². The Kier molecular flexibility index (Phi) is 6.21. The molecule has 1 unspecified atom stereocenters. The summed E-state index contributed by atoms with van der Waals surface area (Å²) >= 11 is 1.74. The fourth-order valence-corrected chi connectivity index (χ4v) is 2.76. The van der Waals surface area contributed by atoms with Crippen molar-refractivity contribution in [2.45, 2.75) is 26.2 Å². The van der Waals surface area contributed by atoms with Gasteiger partial charge in [0.25, 0.3) is 0 Å². The van der Waals surface area contributed by atoms with E-state index in [1.165, 1.54) is 10.4 Å². The minimum atomic E-state index is -0.473. The topological polar surface area (TPSA) is 41.5 Å². The van der Waals surface area contributed by atoms with Gasteiger partial charge in [0.05, 0.1) is 19.3 Å². The van der Waals surface area contributed by atoms with Crippen molar-refractivity contribution < 1.29 is 9.84 Å². The maximum Gasteiger partial charge on any atom is 0.0897 e. The van der Waals surface area contributed by atoms with E-state index in [4.69, 9.17) is 4.74 Å². The molecule has 0 radical (unpaired) electrons. The number of rotatable bonds is 8. The molecular formula is C16H21NO2S. The van der Waals surface area contributed by atoms with E-state index in [0.29, 0.717) is 19.8 Å². The van der Waals surface area contributed by atoms with Crippen LogP contribution in [0.2, 0.25) is 0 Å². The van der Waals surface area contributed by atoms with E-state index in [1.54, 1.807) is 11.3 Å². The zero-order valence-corrected chi connectivity index (χ0v) is 12.5. The van der Waals surface area contributed by atoms with E-state index < -0.39 is 6.10 Å². The standard InChI is InChI=1S/C16H21NO2S/c1-13-7-8-20-16(13)10-17-9-15(18)12-19-11-14-5-3-2-4-6-14/h2-8,15,17-18H,9-12H2,1H3. The molecule has 1 aromatic heterocycles. The Bertz CT molecular complexity index is 498. The van der Waals surface area contributed by atoms with Crippen LogP contribution in [0.5, 0.6) is 0 Å². The van der Waals surface area contributed by atoms with Crippen LogP contribution in [-0.4, -0.2) is 24.4 Å². The summed E-state index contributed by atoms with van der Waals surface area (Å²) in [6.07, 6.45) is -0.473. The average Bonchev–Trinajstić information content (AvgIpc) is 2.86. The van der Waals surface area contributed by atoms with Crippen molar-refractivity contribution in [3.05, 3.63) is 57.8 Å². The second-order valence-electron chi connectivity index (χ2n) is 4.81. The minimum absolute atomic E-state index is 0.352. The van der Waals surface area contributed by atoms with Gasteiger partial charge in [-0.25, -0.2) is 0 Å². The SMILES string of the molecule is Cc1ccsc1CNCC(O)COCc1ccccc1. The fraction of sp³-hybridized carbons (Fsp3) is 0.375. The van der Waals surface area contributed by atoms with Crippen molar-refractivity contribution in [3.8, 4) is 0 Å². The molecular weight excluding hydrogens is 270 g/mol. The summed E-state index contributed by atoms with van der Waals surface area (Å²) in [6, 6.07) is 12.1. The van der Waals surface area contributed by atoms with E-state index in [1.807, 2.05) is 30.3 Å². The normalized spacial score (nSPS) is 12.5. The van der Waals surface area contributed by atoms with Crippen molar-refractivity contribution >= 4 is 11.3 Å². The fourth-order valence-electron chi connectivity index (χ4n) is 1.88. The molecule has 2 rings (SSSR count). The van der Waals surface area contributed by atoms with Gasteiger partial charge in [-0.15, -0.1) is 11.3 Å². The number of benzene rings is 1. The number of aryl methyl sites for hydroxylation is 1. The Balaban J connectivity index is 1.59. The molecule has 0 bridgehead atoms. The van der Waals surface area contributed by atoms with Gasteiger partial charge in [-0.05, 0) is 29.5 Å². The lowest BCUT2D eigenvalue weighted by Gasteiger charge is -2.12. The third-order valence-corrected chi connectivity index (χ3v) is 4.08. The van der Waals surface area contributed by atoms with Gasteiger partial charge in [0.15, 0.2) is 0 Å². The highest BCUT2D eigenvalue weighted by molar-refractivity contribution is 7.10. The number of nitrogens with one attached hydrogen (secondary N) is 1. The Hall–Kier alpha value is -1.20. The number of thiophene rings is 1. The van der Waals surface area contributed by atoms with Crippen LogP contribution in [0.25, 0.3) is 0 Å². The predicted molar refractivity (Wildman–Crippen MR) is 82.9 cm³/mol. The zero-order chi connectivity index (χ0) is 14.2. The molecule has 0 fully saturated rings. The Morgan fingerprint density at radius 1 is 1.25 bits per heavy atom. The Morgan fingerprint density at radius 2 is 2.05 bits per heavy atom. The lowest BCUT2D eigenvalue weighted by Crippen LogP contribution is -2.30. The third kappa shape index (κ3) is 5.06. The van der Waals surface area contributed by atoms with E-state index in [2.05, 4.69) is 23.7 Å². The quantitative estimate of drug-likeness (QED) is 0.786. The molecule has 0 amide bonds. The van der Waals surface area contributed by atoms with Gasteiger partial charge in [0, 0.05) is 18.0 Å². The van der Waals surface area contributed by atoms with Crippen LogP contribution >= 0.6 is 11.3 Å². The monoisotopic (exact) mass is 291 g/mol. The van der Waals surface area contributed by atoms with Crippen LogP contribution in [0, 0.1) is 6.92 Å². The van der Waals surface area contributed by atoms with Crippen LogP contribution in [-0.2, 0) is 17.9 Å². The molecule has 0 aliphatic rings. The second kappa shape index (κ2) is 8.17. The van der Waals surface area contributed by atoms with Crippen LogP contribution in [0.1, 0.15) is 16.0 Å². The van der Waals surface area contributed by atoms with Crippen LogP contribution in [0.15, 0.2) is 41.8 Å². The van der Waals surface area contributed by atoms with Gasteiger partial charge in [-0.2, -0.15) is 0 Å². The third-order valence-electron chi connectivity index (χ3n) is 3.06. The van der Waals surface area contributed by atoms with Crippen LogP contribution in [0.3, 0.4) is 0 Å². The molecule has 0 aliphatic carbocycles. The molecule has 20 heavy (non-hydrogen) atoms. The minimum Gasteiger partial charge on any atom is -0.389 e. The number of ether oxygens (including phenoxy) is 1. The van der Waals surface area contributed by atoms with E-state index in [9.17, 15) is 5.11 Å². The summed E-state index contributed by atoms with van der Waals surface area (Å²) in [5, 5.41) is 15.2. The summed E-state index contributed by atoms with van der Waals surface area (Å²) in [7, 11) is 0. The van der Waals surface area contributed by atoms with E-state index in [0.717, 1.165) is 12.1 Å². The molecule has 0 saturated heterocycles. The summed E-state index contributed by atoms with van der Waals surface area (Å²) in [4.78, 5) is 1.32. The Labute approximate surface area is 124 Å². The van der Waals surface area contributed by atoms with E-state index >= 15 is 0 Å². The molecule has 0 saturated carbocycles. The smallest absolute Gasteiger partial charge is 0.0897 e. The van der Waals surface area contributed by atoms with Gasteiger partial charge in [0.1, 0.15) is 0 Å². The van der Waals surface area contributed by atoms with Crippen molar-refractivity contribution in [1.82, 2.24) is 5.32 Å². The van der Waals surface area contributed by atoms with Gasteiger partial charge < -0.3 is 15.2 Å². The van der Waals surface area contributed by atoms with E-state index in [-0.39, 0.29) is 0 Å². The second-order valence-corrected chi connectivity index (χ2v) is 5.81. The van der Waals surface area contributed by atoms with Crippen molar-refractivity contribution in [2.24, 2.45) is 0 Å². The number of aliphatic hydroxyl groups is 1. The molecule has 108 valence electrons. The summed E-state index contributed by atoms with van der Waals surface area (Å²) < 4.78 is 5.51. The maximum absolute atomic E-state index is 9.84. The highest BCUT2D eigenvalue weighted by Gasteiger charge is 2.05. The summed E-state index contributed by atoms with van der Waals surface area (Å²) in [5.74, 6) is 0. The van der Waals surface area contributed by atoms with Crippen molar-refractivity contribution in [1.29, 1.82) is 0 Å². The van der Waals surface area contributed by atoms with Gasteiger partial charge in [0.2, 0.25) is 0 Å². The first-order valence-corrected chi connectivity index (χ1v) is 7.67. The molecule has 1 heterocycles. The highest BCUT2D eigenvalue weighted by atomic mass is 32.1. The summed E-state index contributed by atoms with van der Waals surface area (Å²) in [5.41, 5.74) is 2.43. The molecule has 4 heteroatoms. The van der Waals surface area contributed by atoms with Crippen LogP contribution < -0.4 is 5.32 Å². The lowest BCUT2D eigenvalue weighted by molar-refractivity contribution is 0.0287. The molecule has 1 aromatic carbocycles. The summed E-state index contributed by atoms with van der Waals surface area (Å²) in [6.45, 7) is 4.35. The maximum atomic E-state index is 9.84. The van der Waals surface area contributed by atoms with Crippen molar-refractivity contribution in [3.63, 3.8) is 0 Å². The van der Waals surface area contributed by atoms with Gasteiger partial charge in [-0.1, -0.05) is 30.3 Å². The molecule has 0 aliphatic heterocycles. The lowest BCUT2D eigenvalue weighted by atomic mass is 10.2. The molecule has 0 spiro atoms. The molecule has 2 N–H and O–H groups in total. The first-order chi connectivity index (χ1) is 9.75. The number of hydrogen-bond acceptors (Lipinski definition) is 4. The first kappa shape index (κ1) is 15.2. The predicted octanol–water partition coefficient (Wildman–Crippen LogP) is 2.72. The number of aliphatic hydroxyl groups excluding tert-OH is 1. The molecule has 3 nitrogen and oxygen atoms in total. The van der Waals surface area contributed by atoms with Crippen LogP contribution in [0.4, 0.5) is 0 Å². The number of hydrogen-bond donors (Lipinski definition) is 2. The first-order valence-electron chi connectivity index (χ1n) is 6.79. The zero-order valence-electron chi connectivity index (χ0n) is 11.7. The van der Waals surface area contributed by atoms with Gasteiger partial charge >= 0.3 is 0 Å². The highest BCUT2D eigenvalue weighted by Crippen LogP contribution is 2.14. The molecule has 2 aromatic rings. The average molecular weight is 291 g/mol.